The largest absolute Gasteiger partial charge is 0.396 e. The van der Waals surface area contributed by atoms with Gasteiger partial charge in [-0.3, -0.25) is 0 Å². The van der Waals surface area contributed by atoms with E-state index in [1.54, 1.807) is 6.33 Å². The Hall–Kier alpha value is -1.20. The first-order valence-corrected chi connectivity index (χ1v) is 8.09. The van der Waals surface area contributed by atoms with Gasteiger partial charge in [-0.25, -0.2) is 15.0 Å². The molecule has 5 nitrogen and oxygen atoms in total. The summed E-state index contributed by atoms with van der Waals surface area (Å²) >= 11 is 6.04. The number of aliphatic hydroxyl groups is 1. The van der Waals surface area contributed by atoms with Gasteiger partial charge < -0.3 is 9.67 Å². The fourth-order valence-corrected chi connectivity index (χ4v) is 2.82. The molecule has 21 heavy (non-hydrogen) atoms. The van der Waals surface area contributed by atoms with Gasteiger partial charge in [0.1, 0.15) is 11.8 Å². The highest BCUT2D eigenvalue weighted by Gasteiger charge is 2.16. The average molecular weight is 311 g/mol. The third-order valence-electron chi connectivity index (χ3n) is 3.81. The molecule has 0 spiro atoms. The van der Waals surface area contributed by atoms with Crippen LogP contribution in [0, 0.1) is 0 Å². The SMILES string of the molecule is CCCCCCCC(CCO)n1cnc2c(Cl)ncnc21. The van der Waals surface area contributed by atoms with Crippen molar-refractivity contribution in [1.29, 1.82) is 0 Å². The van der Waals surface area contributed by atoms with E-state index < -0.39 is 0 Å². The van der Waals surface area contributed by atoms with Crippen LogP contribution < -0.4 is 0 Å². The maximum absolute atomic E-state index is 9.31. The first-order valence-electron chi connectivity index (χ1n) is 7.71. The molecular formula is C15H23ClN4O. The number of unbranched alkanes of at least 4 members (excludes halogenated alkanes) is 4. The Labute approximate surface area is 130 Å². The normalized spacial score (nSPS) is 12.9. The Morgan fingerprint density at radius 1 is 1.14 bits per heavy atom. The van der Waals surface area contributed by atoms with Crippen molar-refractivity contribution < 1.29 is 5.11 Å². The van der Waals surface area contributed by atoms with E-state index >= 15 is 0 Å². The predicted octanol–water partition coefficient (Wildman–Crippen LogP) is 3.76. The molecule has 2 rings (SSSR count). The number of hydrogen-bond donors (Lipinski definition) is 1. The quantitative estimate of drug-likeness (QED) is 0.565. The Bertz CT molecular complexity index is 558. The lowest BCUT2D eigenvalue weighted by Crippen LogP contribution is -2.11. The average Bonchev–Trinajstić information content (AvgIpc) is 2.91. The second-order valence-corrected chi connectivity index (χ2v) is 5.72. The molecule has 1 atom stereocenters. The fraction of sp³-hybridized carbons (Fsp3) is 0.667. The Balaban J connectivity index is 2.07. The number of hydrogen-bond acceptors (Lipinski definition) is 4. The van der Waals surface area contributed by atoms with E-state index in [-0.39, 0.29) is 12.6 Å². The number of aliphatic hydroxyl groups excluding tert-OH is 1. The van der Waals surface area contributed by atoms with Crippen LogP contribution in [0.4, 0.5) is 0 Å². The van der Waals surface area contributed by atoms with Gasteiger partial charge in [0.25, 0.3) is 0 Å². The number of halogens is 1. The molecule has 1 unspecified atom stereocenters. The first-order chi connectivity index (χ1) is 10.3. The number of nitrogens with zero attached hydrogens (tertiary/aromatic N) is 4. The number of aromatic nitrogens is 4. The molecule has 0 radical (unpaired) electrons. The third-order valence-corrected chi connectivity index (χ3v) is 4.09. The van der Waals surface area contributed by atoms with E-state index in [2.05, 4.69) is 21.9 Å². The molecule has 116 valence electrons. The summed E-state index contributed by atoms with van der Waals surface area (Å²) in [5.74, 6) is 0. The minimum Gasteiger partial charge on any atom is -0.396 e. The van der Waals surface area contributed by atoms with Crippen molar-refractivity contribution in [3.63, 3.8) is 0 Å². The van der Waals surface area contributed by atoms with Crippen LogP contribution in [0.15, 0.2) is 12.7 Å². The van der Waals surface area contributed by atoms with Gasteiger partial charge in [-0.15, -0.1) is 0 Å². The fourth-order valence-electron chi connectivity index (χ4n) is 2.65. The molecule has 0 aromatic carbocycles. The molecule has 0 aliphatic rings. The molecular weight excluding hydrogens is 288 g/mol. The van der Waals surface area contributed by atoms with Gasteiger partial charge in [0.2, 0.25) is 0 Å². The number of imidazole rings is 1. The minimum absolute atomic E-state index is 0.165. The van der Waals surface area contributed by atoms with Gasteiger partial charge in [-0.2, -0.15) is 0 Å². The van der Waals surface area contributed by atoms with Crippen LogP contribution in [-0.4, -0.2) is 31.2 Å². The Kier molecular flexibility index (Phi) is 6.39. The van der Waals surface area contributed by atoms with E-state index in [1.807, 2.05) is 4.57 Å². The maximum atomic E-state index is 9.31. The van der Waals surface area contributed by atoms with Gasteiger partial charge in [0, 0.05) is 12.6 Å². The highest BCUT2D eigenvalue weighted by molar-refractivity contribution is 6.33. The summed E-state index contributed by atoms with van der Waals surface area (Å²) in [5.41, 5.74) is 1.38. The van der Waals surface area contributed by atoms with Crippen molar-refractivity contribution >= 4 is 22.8 Å². The zero-order valence-electron chi connectivity index (χ0n) is 12.5. The van der Waals surface area contributed by atoms with Crippen molar-refractivity contribution in [2.75, 3.05) is 6.61 Å². The van der Waals surface area contributed by atoms with Crippen LogP contribution in [0.1, 0.15) is 57.9 Å². The highest BCUT2D eigenvalue weighted by Crippen LogP contribution is 2.25. The van der Waals surface area contributed by atoms with Crippen LogP contribution >= 0.6 is 11.6 Å². The lowest BCUT2D eigenvalue weighted by Gasteiger charge is -2.18. The summed E-state index contributed by atoms with van der Waals surface area (Å²) in [4.78, 5) is 12.5. The summed E-state index contributed by atoms with van der Waals surface area (Å²) in [6.45, 7) is 2.38. The smallest absolute Gasteiger partial charge is 0.165 e. The summed E-state index contributed by atoms with van der Waals surface area (Å²) in [5, 5.41) is 9.69. The van der Waals surface area contributed by atoms with Gasteiger partial charge in [0.05, 0.1) is 6.33 Å². The third kappa shape index (κ3) is 4.14. The molecule has 6 heteroatoms. The molecule has 0 amide bonds. The van der Waals surface area contributed by atoms with E-state index in [9.17, 15) is 5.11 Å². The summed E-state index contributed by atoms with van der Waals surface area (Å²) in [7, 11) is 0. The Morgan fingerprint density at radius 3 is 2.71 bits per heavy atom. The van der Waals surface area contributed by atoms with E-state index in [1.165, 1.54) is 32.0 Å². The lowest BCUT2D eigenvalue weighted by atomic mass is 10.0. The highest BCUT2D eigenvalue weighted by atomic mass is 35.5. The molecule has 0 saturated carbocycles. The summed E-state index contributed by atoms with van der Waals surface area (Å²) in [6, 6.07) is 0.215. The zero-order valence-corrected chi connectivity index (χ0v) is 13.3. The van der Waals surface area contributed by atoms with Crippen LogP contribution in [-0.2, 0) is 0 Å². The van der Waals surface area contributed by atoms with Crippen molar-refractivity contribution in [3.05, 3.63) is 17.8 Å². The summed E-state index contributed by atoms with van der Waals surface area (Å²) < 4.78 is 2.03. The van der Waals surface area contributed by atoms with Crippen LogP contribution in [0.2, 0.25) is 5.15 Å². The summed E-state index contributed by atoms with van der Waals surface area (Å²) in [6.07, 6.45) is 11.2. The first kappa shape index (κ1) is 16.2. The molecule has 0 aliphatic heterocycles. The maximum Gasteiger partial charge on any atom is 0.165 e. The molecule has 2 aromatic rings. The van der Waals surface area contributed by atoms with Crippen LogP contribution in [0.5, 0.6) is 0 Å². The molecule has 0 aliphatic carbocycles. The van der Waals surface area contributed by atoms with Crippen molar-refractivity contribution in [2.45, 2.75) is 57.9 Å². The lowest BCUT2D eigenvalue weighted by molar-refractivity contribution is 0.251. The zero-order chi connectivity index (χ0) is 15.1. The van der Waals surface area contributed by atoms with Crippen LogP contribution in [0.3, 0.4) is 0 Å². The molecule has 2 aromatic heterocycles. The molecule has 0 saturated heterocycles. The van der Waals surface area contributed by atoms with Gasteiger partial charge >= 0.3 is 0 Å². The van der Waals surface area contributed by atoms with Gasteiger partial charge in [-0.1, -0.05) is 50.6 Å². The minimum atomic E-state index is 0.165. The van der Waals surface area contributed by atoms with E-state index in [0.717, 1.165) is 18.5 Å². The molecule has 0 fully saturated rings. The topological polar surface area (TPSA) is 63.8 Å². The Morgan fingerprint density at radius 2 is 1.95 bits per heavy atom. The van der Waals surface area contributed by atoms with Gasteiger partial charge in [-0.05, 0) is 12.8 Å². The predicted molar refractivity (Wildman–Crippen MR) is 84.4 cm³/mol. The van der Waals surface area contributed by atoms with E-state index in [4.69, 9.17) is 11.6 Å². The number of rotatable bonds is 9. The second kappa shape index (κ2) is 8.29. The molecule has 2 heterocycles. The molecule has 0 bridgehead atoms. The monoisotopic (exact) mass is 310 g/mol. The van der Waals surface area contributed by atoms with Crippen LogP contribution in [0.25, 0.3) is 11.2 Å². The second-order valence-electron chi connectivity index (χ2n) is 5.36. The van der Waals surface area contributed by atoms with E-state index in [0.29, 0.717) is 17.1 Å². The number of fused-ring (bicyclic) bond motifs is 1. The van der Waals surface area contributed by atoms with Crippen molar-refractivity contribution in [3.8, 4) is 0 Å². The standard InChI is InChI=1S/C15H23ClN4O/c1-2-3-4-5-6-7-12(8-9-21)20-11-19-13-14(16)17-10-18-15(13)20/h10-12,21H,2-9H2,1H3. The molecule has 1 N–H and O–H groups in total. The van der Waals surface area contributed by atoms with Crippen molar-refractivity contribution in [1.82, 2.24) is 19.5 Å². The van der Waals surface area contributed by atoms with Crippen molar-refractivity contribution in [2.24, 2.45) is 0 Å². The van der Waals surface area contributed by atoms with Gasteiger partial charge in [0.15, 0.2) is 10.8 Å².